The number of carbonyl (C=O) groups excluding carboxylic acids is 1. The maximum atomic E-state index is 11.6. The van der Waals surface area contributed by atoms with Crippen LogP contribution in [-0.2, 0) is 16.0 Å². The van der Waals surface area contributed by atoms with E-state index in [9.17, 15) is 9.59 Å². The topological polar surface area (TPSA) is 66.4 Å². The summed E-state index contributed by atoms with van der Waals surface area (Å²) in [6.45, 7) is 1.90. The van der Waals surface area contributed by atoms with Gasteiger partial charge in [0.2, 0.25) is 5.91 Å². The normalized spacial score (nSPS) is 12.1. The van der Waals surface area contributed by atoms with Gasteiger partial charge in [-0.05, 0) is 24.3 Å². The Labute approximate surface area is 105 Å². The molecule has 4 nitrogen and oxygen atoms in total. The van der Waals surface area contributed by atoms with E-state index in [2.05, 4.69) is 5.32 Å². The third-order valence-corrected chi connectivity index (χ3v) is 3.33. The van der Waals surface area contributed by atoms with Gasteiger partial charge in [-0.1, -0.05) is 19.4 Å². The summed E-state index contributed by atoms with van der Waals surface area (Å²) in [6, 6.07) is 3.16. The molecule has 0 aliphatic carbocycles. The largest absolute Gasteiger partial charge is 0.480 e. The van der Waals surface area contributed by atoms with E-state index in [1.807, 2.05) is 24.4 Å². The summed E-state index contributed by atoms with van der Waals surface area (Å²) >= 11 is 1.60. The van der Waals surface area contributed by atoms with Gasteiger partial charge >= 0.3 is 5.97 Å². The van der Waals surface area contributed by atoms with Crippen molar-refractivity contribution >= 4 is 23.2 Å². The molecule has 1 aromatic rings. The van der Waals surface area contributed by atoms with Crippen LogP contribution in [0.25, 0.3) is 0 Å². The van der Waals surface area contributed by atoms with Crippen molar-refractivity contribution < 1.29 is 14.7 Å². The quantitative estimate of drug-likeness (QED) is 0.783. The van der Waals surface area contributed by atoms with Gasteiger partial charge in [0, 0.05) is 11.3 Å². The first-order valence-electron chi connectivity index (χ1n) is 5.68. The minimum absolute atomic E-state index is 0.195. The number of rotatable bonds is 7. The first kappa shape index (κ1) is 13.7. The predicted octanol–water partition coefficient (Wildman–Crippen LogP) is 2.05. The molecule has 1 atom stereocenters. The average molecular weight is 255 g/mol. The van der Waals surface area contributed by atoms with E-state index in [1.165, 1.54) is 0 Å². The fourth-order valence-corrected chi connectivity index (χ4v) is 2.21. The number of aliphatic carboxylic acids is 1. The molecular formula is C12H17NO3S. The lowest BCUT2D eigenvalue weighted by atomic mass is 10.1. The summed E-state index contributed by atoms with van der Waals surface area (Å²) in [6.07, 6.45) is 2.22. The molecule has 17 heavy (non-hydrogen) atoms. The van der Waals surface area contributed by atoms with Crippen LogP contribution in [0.15, 0.2) is 17.5 Å². The highest BCUT2D eigenvalue weighted by atomic mass is 32.1. The number of amides is 1. The van der Waals surface area contributed by atoms with Gasteiger partial charge in [0.05, 0.1) is 0 Å². The van der Waals surface area contributed by atoms with E-state index in [0.29, 0.717) is 19.3 Å². The van der Waals surface area contributed by atoms with Crippen molar-refractivity contribution in [3.8, 4) is 0 Å². The fraction of sp³-hybridized carbons (Fsp3) is 0.500. The van der Waals surface area contributed by atoms with Crippen molar-refractivity contribution in [2.45, 2.75) is 38.6 Å². The van der Waals surface area contributed by atoms with Crippen LogP contribution in [-0.4, -0.2) is 23.0 Å². The van der Waals surface area contributed by atoms with Gasteiger partial charge in [0.15, 0.2) is 0 Å². The highest BCUT2D eigenvalue weighted by Gasteiger charge is 2.18. The summed E-state index contributed by atoms with van der Waals surface area (Å²) < 4.78 is 0. The third-order valence-electron chi connectivity index (χ3n) is 2.39. The smallest absolute Gasteiger partial charge is 0.326 e. The molecule has 94 valence electrons. The van der Waals surface area contributed by atoms with Gasteiger partial charge in [-0.15, -0.1) is 11.3 Å². The predicted molar refractivity (Wildman–Crippen MR) is 67.1 cm³/mol. The summed E-state index contributed by atoms with van der Waals surface area (Å²) in [5, 5.41) is 13.4. The Morgan fingerprint density at radius 2 is 2.29 bits per heavy atom. The molecule has 5 heteroatoms. The second kappa shape index (κ2) is 7.06. The molecule has 0 saturated carbocycles. The maximum Gasteiger partial charge on any atom is 0.326 e. The Bertz CT molecular complexity index is 362. The van der Waals surface area contributed by atoms with E-state index < -0.39 is 12.0 Å². The zero-order chi connectivity index (χ0) is 12.7. The molecule has 0 aliphatic heterocycles. The molecule has 0 spiro atoms. The number of aryl methyl sites for hydroxylation is 1. The van der Waals surface area contributed by atoms with Crippen molar-refractivity contribution in [2.24, 2.45) is 0 Å². The Hall–Kier alpha value is -1.36. The van der Waals surface area contributed by atoms with Gasteiger partial charge in [0.1, 0.15) is 6.04 Å². The fourth-order valence-electron chi connectivity index (χ4n) is 1.50. The van der Waals surface area contributed by atoms with E-state index in [-0.39, 0.29) is 5.91 Å². The Morgan fingerprint density at radius 1 is 1.53 bits per heavy atom. The molecule has 0 unspecified atom stereocenters. The Morgan fingerprint density at radius 3 is 2.82 bits per heavy atom. The third kappa shape index (κ3) is 4.99. The van der Waals surface area contributed by atoms with Crippen LogP contribution in [0.1, 0.15) is 31.1 Å². The summed E-state index contributed by atoms with van der Waals surface area (Å²) in [4.78, 5) is 23.5. The highest BCUT2D eigenvalue weighted by Crippen LogP contribution is 2.10. The molecule has 0 aromatic carbocycles. The lowest BCUT2D eigenvalue weighted by molar-refractivity contribution is -0.142. The van der Waals surface area contributed by atoms with Crippen molar-refractivity contribution in [3.05, 3.63) is 22.4 Å². The van der Waals surface area contributed by atoms with Gasteiger partial charge in [-0.3, -0.25) is 4.79 Å². The Kier molecular flexibility index (Phi) is 5.69. The van der Waals surface area contributed by atoms with Gasteiger partial charge in [-0.2, -0.15) is 0 Å². The molecule has 1 rings (SSSR count). The number of carbonyl (C=O) groups is 2. The minimum Gasteiger partial charge on any atom is -0.480 e. The number of hydrogen-bond donors (Lipinski definition) is 2. The molecule has 0 radical (unpaired) electrons. The first-order valence-corrected chi connectivity index (χ1v) is 6.56. The van der Waals surface area contributed by atoms with Gasteiger partial charge in [0.25, 0.3) is 0 Å². The van der Waals surface area contributed by atoms with Crippen LogP contribution in [0, 0.1) is 0 Å². The Balaban J connectivity index is 2.34. The van der Waals surface area contributed by atoms with E-state index in [0.717, 1.165) is 11.3 Å². The molecular weight excluding hydrogens is 238 g/mol. The average Bonchev–Trinajstić information content (AvgIpc) is 2.78. The van der Waals surface area contributed by atoms with Crippen LogP contribution >= 0.6 is 11.3 Å². The van der Waals surface area contributed by atoms with Crippen LogP contribution in [0.3, 0.4) is 0 Å². The number of carboxylic acid groups (broad SMARTS) is 1. The van der Waals surface area contributed by atoms with Crippen molar-refractivity contribution in [1.29, 1.82) is 0 Å². The van der Waals surface area contributed by atoms with Crippen LogP contribution in [0.5, 0.6) is 0 Å². The number of hydrogen-bond acceptors (Lipinski definition) is 3. The highest BCUT2D eigenvalue weighted by molar-refractivity contribution is 7.09. The van der Waals surface area contributed by atoms with Crippen molar-refractivity contribution in [2.75, 3.05) is 0 Å². The molecule has 1 heterocycles. The van der Waals surface area contributed by atoms with E-state index in [4.69, 9.17) is 5.11 Å². The van der Waals surface area contributed by atoms with Crippen LogP contribution in [0.2, 0.25) is 0 Å². The molecule has 1 amide bonds. The van der Waals surface area contributed by atoms with Crippen LogP contribution in [0.4, 0.5) is 0 Å². The van der Waals surface area contributed by atoms with E-state index >= 15 is 0 Å². The first-order chi connectivity index (χ1) is 8.13. The monoisotopic (exact) mass is 255 g/mol. The lowest BCUT2D eigenvalue weighted by Gasteiger charge is -2.13. The second-order valence-electron chi connectivity index (χ2n) is 3.83. The van der Waals surface area contributed by atoms with Crippen molar-refractivity contribution in [1.82, 2.24) is 5.32 Å². The van der Waals surface area contributed by atoms with E-state index in [1.54, 1.807) is 11.3 Å². The maximum absolute atomic E-state index is 11.6. The molecule has 0 fully saturated rings. The standard InChI is InChI=1S/C12H17NO3S/c1-2-4-10(12(15)16)13-11(14)7-6-9-5-3-8-17-9/h3,5,8,10H,2,4,6-7H2,1H3,(H,13,14)(H,15,16)/t10-/m0/s1. The SMILES string of the molecule is CCC[C@H](NC(=O)CCc1cccs1)C(=O)O. The lowest BCUT2D eigenvalue weighted by Crippen LogP contribution is -2.40. The zero-order valence-electron chi connectivity index (χ0n) is 9.81. The zero-order valence-corrected chi connectivity index (χ0v) is 10.6. The van der Waals surface area contributed by atoms with Crippen molar-refractivity contribution in [3.63, 3.8) is 0 Å². The van der Waals surface area contributed by atoms with Gasteiger partial charge in [-0.25, -0.2) is 4.79 Å². The molecule has 1 aromatic heterocycles. The molecule has 0 bridgehead atoms. The summed E-state index contributed by atoms with van der Waals surface area (Å²) in [5.74, 6) is -1.16. The second-order valence-corrected chi connectivity index (χ2v) is 4.86. The summed E-state index contributed by atoms with van der Waals surface area (Å²) in [5.41, 5.74) is 0. The molecule has 0 aliphatic rings. The summed E-state index contributed by atoms with van der Waals surface area (Å²) in [7, 11) is 0. The van der Waals surface area contributed by atoms with Gasteiger partial charge < -0.3 is 10.4 Å². The number of thiophene rings is 1. The molecule has 2 N–H and O–H groups in total. The minimum atomic E-state index is -0.962. The number of carboxylic acids is 1. The number of nitrogens with one attached hydrogen (secondary N) is 1. The molecule has 0 saturated heterocycles. The van der Waals surface area contributed by atoms with Crippen LogP contribution < -0.4 is 5.32 Å².